The number of aromatic carboxylic acids is 1. The quantitative estimate of drug-likeness (QED) is 0.794. The summed E-state index contributed by atoms with van der Waals surface area (Å²) in [4.78, 5) is 24.2. The number of fused-ring (bicyclic) bond motifs is 1. The van der Waals surface area contributed by atoms with E-state index in [-0.39, 0.29) is 23.8 Å². The zero-order valence-electron chi connectivity index (χ0n) is 16.1. The van der Waals surface area contributed by atoms with E-state index in [2.05, 4.69) is 5.32 Å². The van der Waals surface area contributed by atoms with Crippen molar-refractivity contribution in [2.45, 2.75) is 25.8 Å². The molecule has 0 bridgehead atoms. The number of methoxy groups -OCH3 is 1. The number of hydrogen-bond donors (Lipinski definition) is 2. The predicted octanol–water partition coefficient (Wildman–Crippen LogP) is 2.76. The average Bonchev–Trinajstić information content (AvgIpc) is 2.71. The molecular formula is C21H23NO6. The van der Waals surface area contributed by atoms with Gasteiger partial charge in [0.2, 0.25) is 5.91 Å². The van der Waals surface area contributed by atoms with Crippen LogP contribution in [0, 0.1) is 0 Å². The van der Waals surface area contributed by atoms with Crippen molar-refractivity contribution in [3.8, 4) is 17.2 Å². The lowest BCUT2D eigenvalue weighted by Crippen LogP contribution is -2.39. The number of amides is 1. The molecule has 0 saturated carbocycles. The minimum atomic E-state index is -1.08. The third-order valence-electron chi connectivity index (χ3n) is 4.78. The van der Waals surface area contributed by atoms with E-state index in [1.807, 2.05) is 32.0 Å². The van der Waals surface area contributed by atoms with E-state index in [1.165, 1.54) is 13.2 Å². The summed E-state index contributed by atoms with van der Waals surface area (Å²) in [6, 6.07) is 10.3. The van der Waals surface area contributed by atoms with Gasteiger partial charge in [0, 0.05) is 6.54 Å². The second-order valence-electron chi connectivity index (χ2n) is 7.01. The fourth-order valence-electron chi connectivity index (χ4n) is 3.00. The van der Waals surface area contributed by atoms with Gasteiger partial charge in [0.1, 0.15) is 24.5 Å². The lowest BCUT2D eigenvalue weighted by Gasteiger charge is -2.26. The van der Waals surface area contributed by atoms with Crippen molar-refractivity contribution >= 4 is 11.9 Å². The van der Waals surface area contributed by atoms with Crippen LogP contribution in [0.2, 0.25) is 0 Å². The third kappa shape index (κ3) is 3.88. The number of ether oxygens (including phenoxy) is 3. The van der Waals surface area contributed by atoms with E-state index in [9.17, 15) is 14.7 Å². The lowest BCUT2D eigenvalue weighted by molar-refractivity contribution is -0.125. The van der Waals surface area contributed by atoms with Gasteiger partial charge in [-0.2, -0.15) is 0 Å². The van der Waals surface area contributed by atoms with E-state index in [0.717, 1.165) is 5.56 Å². The first kappa shape index (κ1) is 19.5. The zero-order chi connectivity index (χ0) is 20.3. The molecule has 0 atom stereocenters. The summed E-state index contributed by atoms with van der Waals surface area (Å²) in [7, 11) is 1.42. The van der Waals surface area contributed by atoms with Crippen LogP contribution in [0.5, 0.6) is 17.2 Å². The van der Waals surface area contributed by atoms with Crippen molar-refractivity contribution in [2.24, 2.45) is 0 Å². The summed E-state index contributed by atoms with van der Waals surface area (Å²) in [6.45, 7) is 4.84. The molecule has 7 nitrogen and oxygen atoms in total. The smallest absolute Gasteiger partial charge is 0.339 e. The van der Waals surface area contributed by atoms with Gasteiger partial charge < -0.3 is 24.6 Å². The van der Waals surface area contributed by atoms with Crippen LogP contribution >= 0.6 is 0 Å². The van der Waals surface area contributed by atoms with Gasteiger partial charge >= 0.3 is 5.97 Å². The molecule has 0 saturated heterocycles. The Bertz CT molecular complexity index is 906. The van der Waals surface area contributed by atoms with Crippen molar-refractivity contribution in [2.75, 3.05) is 20.3 Å². The number of benzene rings is 2. The first-order valence-electron chi connectivity index (χ1n) is 8.91. The monoisotopic (exact) mass is 385 g/mol. The molecule has 1 aliphatic heterocycles. The van der Waals surface area contributed by atoms with E-state index >= 15 is 0 Å². The van der Waals surface area contributed by atoms with Gasteiger partial charge in [0.05, 0.1) is 12.5 Å². The summed E-state index contributed by atoms with van der Waals surface area (Å²) >= 11 is 0. The van der Waals surface area contributed by atoms with Crippen LogP contribution in [0.4, 0.5) is 0 Å². The molecule has 2 N–H and O–H groups in total. The highest BCUT2D eigenvalue weighted by atomic mass is 16.6. The summed E-state index contributed by atoms with van der Waals surface area (Å²) in [5.41, 5.74) is 0.720. The number of carboxylic acid groups (broad SMARTS) is 1. The summed E-state index contributed by atoms with van der Waals surface area (Å²) < 4.78 is 16.2. The van der Waals surface area contributed by atoms with Crippen LogP contribution in [-0.4, -0.2) is 37.3 Å². The Morgan fingerprint density at radius 1 is 1.11 bits per heavy atom. The minimum Gasteiger partial charge on any atom is -0.496 e. The molecule has 1 amide bonds. The summed E-state index contributed by atoms with van der Waals surface area (Å²) in [5, 5.41) is 12.2. The highest BCUT2D eigenvalue weighted by Crippen LogP contribution is 2.35. The van der Waals surface area contributed by atoms with Crippen molar-refractivity contribution in [1.29, 1.82) is 0 Å². The molecule has 0 radical (unpaired) electrons. The number of carbonyl (C=O) groups is 2. The Balaban J connectivity index is 1.73. The molecule has 3 rings (SSSR count). The lowest BCUT2D eigenvalue weighted by atomic mass is 9.83. The molecule has 0 spiro atoms. The second-order valence-corrected chi connectivity index (χ2v) is 7.01. The third-order valence-corrected chi connectivity index (χ3v) is 4.78. The minimum absolute atomic E-state index is 0.0559. The molecule has 7 heteroatoms. The first-order valence-corrected chi connectivity index (χ1v) is 8.91. The Labute approximate surface area is 163 Å². The van der Waals surface area contributed by atoms with E-state index in [1.54, 1.807) is 12.1 Å². The maximum absolute atomic E-state index is 12.8. The molecule has 0 aromatic heterocycles. The second kappa shape index (κ2) is 7.80. The standard InChI is InChI=1S/C21H23NO6/c1-21(2,14-5-7-17-18(11-14)28-9-8-27-17)20(25)22-12-13-4-6-16(26-3)15(10-13)19(23)24/h4-7,10-11H,8-9,12H2,1-3H3,(H,22,25)(H,23,24). The Morgan fingerprint density at radius 2 is 1.82 bits per heavy atom. The SMILES string of the molecule is COc1ccc(CNC(=O)C(C)(C)c2ccc3c(c2)OCCO3)cc1C(=O)O. The Kier molecular flexibility index (Phi) is 5.44. The van der Waals surface area contributed by atoms with E-state index < -0.39 is 11.4 Å². The summed E-state index contributed by atoms with van der Waals surface area (Å²) in [5.74, 6) is 0.314. The van der Waals surface area contributed by atoms with Gasteiger partial charge in [-0.3, -0.25) is 4.79 Å². The number of rotatable bonds is 6. The molecule has 1 heterocycles. The normalized spacial score (nSPS) is 13.0. The van der Waals surface area contributed by atoms with Gasteiger partial charge in [-0.15, -0.1) is 0 Å². The van der Waals surface area contributed by atoms with Gasteiger partial charge in [0.25, 0.3) is 0 Å². The topological polar surface area (TPSA) is 94.1 Å². The highest BCUT2D eigenvalue weighted by Gasteiger charge is 2.31. The number of hydrogen-bond acceptors (Lipinski definition) is 5. The summed E-state index contributed by atoms with van der Waals surface area (Å²) in [6.07, 6.45) is 0. The molecule has 2 aromatic rings. The molecular weight excluding hydrogens is 362 g/mol. The predicted molar refractivity (Wildman–Crippen MR) is 102 cm³/mol. The molecule has 0 fully saturated rings. The number of nitrogens with one attached hydrogen (secondary N) is 1. The van der Waals surface area contributed by atoms with Crippen LogP contribution < -0.4 is 19.5 Å². The van der Waals surface area contributed by atoms with Crippen LogP contribution in [0.3, 0.4) is 0 Å². The van der Waals surface area contributed by atoms with Crippen LogP contribution in [0.25, 0.3) is 0 Å². The van der Waals surface area contributed by atoms with Gasteiger partial charge in [-0.1, -0.05) is 12.1 Å². The Hall–Kier alpha value is -3.22. The average molecular weight is 385 g/mol. The molecule has 1 aliphatic rings. The Morgan fingerprint density at radius 3 is 2.50 bits per heavy atom. The molecule has 0 aliphatic carbocycles. The van der Waals surface area contributed by atoms with E-state index in [4.69, 9.17) is 14.2 Å². The fraction of sp³-hybridized carbons (Fsp3) is 0.333. The zero-order valence-corrected chi connectivity index (χ0v) is 16.1. The van der Waals surface area contributed by atoms with Gasteiger partial charge in [-0.25, -0.2) is 4.79 Å². The number of carboxylic acids is 1. The molecule has 148 valence electrons. The maximum Gasteiger partial charge on any atom is 0.339 e. The van der Waals surface area contributed by atoms with Crippen molar-refractivity contribution in [3.05, 3.63) is 53.1 Å². The molecule has 2 aromatic carbocycles. The van der Waals surface area contributed by atoms with Gasteiger partial charge in [-0.05, 0) is 49.2 Å². The number of carbonyl (C=O) groups excluding carboxylic acids is 1. The molecule has 0 unspecified atom stereocenters. The van der Waals surface area contributed by atoms with Crippen LogP contribution in [-0.2, 0) is 16.8 Å². The first-order chi connectivity index (χ1) is 13.3. The largest absolute Gasteiger partial charge is 0.496 e. The highest BCUT2D eigenvalue weighted by molar-refractivity contribution is 5.91. The molecule has 28 heavy (non-hydrogen) atoms. The maximum atomic E-state index is 12.8. The fourth-order valence-corrected chi connectivity index (χ4v) is 3.00. The van der Waals surface area contributed by atoms with Crippen molar-refractivity contribution in [3.63, 3.8) is 0 Å². The van der Waals surface area contributed by atoms with Crippen LogP contribution in [0.1, 0.15) is 35.3 Å². The van der Waals surface area contributed by atoms with Crippen molar-refractivity contribution < 1.29 is 28.9 Å². The van der Waals surface area contributed by atoms with Gasteiger partial charge in [0.15, 0.2) is 11.5 Å². The van der Waals surface area contributed by atoms with E-state index in [0.29, 0.717) is 30.3 Å². The van der Waals surface area contributed by atoms with Crippen LogP contribution in [0.15, 0.2) is 36.4 Å². The van der Waals surface area contributed by atoms with Crippen molar-refractivity contribution in [1.82, 2.24) is 5.32 Å².